The first-order chi connectivity index (χ1) is 11.3. The van der Waals surface area contributed by atoms with Crippen molar-refractivity contribution >= 4 is 30.7 Å². The highest BCUT2D eigenvalue weighted by molar-refractivity contribution is 5.85. The average molecular weight is 390 g/mol. The summed E-state index contributed by atoms with van der Waals surface area (Å²) in [5, 5.41) is 6.42. The van der Waals surface area contributed by atoms with Crippen LogP contribution in [-0.4, -0.2) is 50.2 Å². The Morgan fingerprint density at radius 2 is 1.92 bits per heavy atom. The summed E-state index contributed by atoms with van der Waals surface area (Å²) in [5.74, 6) is 0.300. The van der Waals surface area contributed by atoms with E-state index < -0.39 is 0 Å². The minimum atomic E-state index is 0. The third-order valence-electron chi connectivity index (χ3n) is 4.74. The first-order valence-corrected chi connectivity index (χ1v) is 8.68. The summed E-state index contributed by atoms with van der Waals surface area (Å²) in [6, 6.07) is 8.41. The van der Waals surface area contributed by atoms with Gasteiger partial charge in [0.1, 0.15) is 0 Å². The highest BCUT2D eigenvalue weighted by Gasteiger charge is 2.20. The maximum atomic E-state index is 12.3. The maximum absolute atomic E-state index is 12.3. The van der Waals surface area contributed by atoms with Crippen molar-refractivity contribution in [1.82, 2.24) is 15.5 Å². The third-order valence-corrected chi connectivity index (χ3v) is 4.74. The molecule has 7 heteroatoms. The van der Waals surface area contributed by atoms with Gasteiger partial charge in [-0.05, 0) is 30.5 Å². The molecule has 1 aromatic carbocycles. The van der Waals surface area contributed by atoms with Crippen LogP contribution in [0.25, 0.3) is 0 Å². The second-order valence-corrected chi connectivity index (χ2v) is 6.42. The molecule has 1 amide bonds. The number of piperidine rings is 1. The third kappa shape index (κ3) is 6.76. The van der Waals surface area contributed by atoms with E-state index in [1.165, 1.54) is 11.1 Å². The molecule has 142 valence electrons. The molecule has 2 saturated heterocycles. The van der Waals surface area contributed by atoms with E-state index in [4.69, 9.17) is 4.74 Å². The molecule has 5 nitrogen and oxygen atoms in total. The Kier molecular flexibility index (Phi) is 10.4. The van der Waals surface area contributed by atoms with Crippen LogP contribution in [0, 0.1) is 5.92 Å². The topological polar surface area (TPSA) is 53.6 Å². The lowest BCUT2D eigenvalue weighted by Gasteiger charge is -2.27. The van der Waals surface area contributed by atoms with E-state index in [1.807, 2.05) is 6.07 Å². The van der Waals surface area contributed by atoms with Gasteiger partial charge in [-0.3, -0.25) is 9.69 Å². The van der Waals surface area contributed by atoms with Crippen molar-refractivity contribution in [2.75, 3.05) is 39.4 Å². The number of nitrogens with zero attached hydrogens (tertiary/aromatic N) is 1. The van der Waals surface area contributed by atoms with E-state index in [9.17, 15) is 4.79 Å². The highest BCUT2D eigenvalue weighted by Crippen LogP contribution is 2.14. The largest absolute Gasteiger partial charge is 0.379 e. The quantitative estimate of drug-likeness (QED) is 0.808. The fourth-order valence-electron chi connectivity index (χ4n) is 3.29. The van der Waals surface area contributed by atoms with Crippen LogP contribution >= 0.6 is 24.8 Å². The zero-order valence-corrected chi connectivity index (χ0v) is 16.2. The predicted octanol–water partition coefficient (Wildman–Crippen LogP) is 1.98. The standard InChI is InChI=1S/C18H27N3O2.2ClH/c22-18(16-6-3-7-19-12-16)20-13-15-4-1-2-5-17(15)14-21-8-10-23-11-9-21;;/h1-2,4-5,16,19H,3,6-14H2,(H,20,22);2*1H. The lowest BCUT2D eigenvalue weighted by Crippen LogP contribution is -2.40. The van der Waals surface area contributed by atoms with Crippen molar-refractivity contribution in [3.8, 4) is 0 Å². The number of halogens is 2. The molecule has 2 fully saturated rings. The number of ether oxygens (including phenoxy) is 1. The molecule has 0 aromatic heterocycles. The molecular formula is C18H29Cl2N3O2. The summed E-state index contributed by atoms with van der Waals surface area (Å²) < 4.78 is 5.41. The highest BCUT2D eigenvalue weighted by atomic mass is 35.5. The maximum Gasteiger partial charge on any atom is 0.224 e. The molecule has 25 heavy (non-hydrogen) atoms. The molecule has 3 rings (SSSR count). The van der Waals surface area contributed by atoms with Gasteiger partial charge in [0.15, 0.2) is 0 Å². The molecule has 2 aliphatic rings. The summed E-state index contributed by atoms with van der Waals surface area (Å²) >= 11 is 0. The number of rotatable bonds is 5. The van der Waals surface area contributed by atoms with Gasteiger partial charge in [0, 0.05) is 32.7 Å². The number of benzene rings is 1. The Hall–Kier alpha value is -0.850. The van der Waals surface area contributed by atoms with Crippen molar-refractivity contribution in [2.45, 2.75) is 25.9 Å². The van der Waals surface area contributed by atoms with Crippen LogP contribution < -0.4 is 10.6 Å². The summed E-state index contributed by atoms with van der Waals surface area (Å²) in [6.45, 7) is 6.98. The monoisotopic (exact) mass is 389 g/mol. The van der Waals surface area contributed by atoms with Gasteiger partial charge in [0.05, 0.1) is 19.1 Å². The van der Waals surface area contributed by atoms with Crippen molar-refractivity contribution in [1.29, 1.82) is 0 Å². The van der Waals surface area contributed by atoms with Gasteiger partial charge in [-0.2, -0.15) is 0 Å². The minimum Gasteiger partial charge on any atom is -0.379 e. The summed E-state index contributed by atoms with van der Waals surface area (Å²) in [4.78, 5) is 14.7. The van der Waals surface area contributed by atoms with Crippen molar-refractivity contribution in [3.05, 3.63) is 35.4 Å². The zero-order valence-electron chi connectivity index (χ0n) is 14.5. The fraction of sp³-hybridized carbons (Fsp3) is 0.611. The molecule has 0 aliphatic carbocycles. The number of hydrogen-bond donors (Lipinski definition) is 2. The lowest BCUT2D eigenvalue weighted by molar-refractivity contribution is -0.125. The van der Waals surface area contributed by atoms with Crippen LogP contribution in [0.1, 0.15) is 24.0 Å². The summed E-state index contributed by atoms with van der Waals surface area (Å²) in [7, 11) is 0. The number of morpholine rings is 1. The molecule has 2 aliphatic heterocycles. The molecule has 1 atom stereocenters. The molecule has 1 aromatic rings. The molecule has 0 spiro atoms. The first kappa shape index (κ1) is 22.2. The Bertz CT molecular complexity index is 519. The zero-order chi connectivity index (χ0) is 15.9. The van der Waals surface area contributed by atoms with Crippen molar-refractivity contribution < 1.29 is 9.53 Å². The Labute approximate surface area is 162 Å². The van der Waals surface area contributed by atoms with E-state index in [2.05, 4.69) is 33.7 Å². The normalized spacial score (nSPS) is 20.9. The number of hydrogen-bond acceptors (Lipinski definition) is 4. The second kappa shape index (κ2) is 11.7. The summed E-state index contributed by atoms with van der Waals surface area (Å²) in [5.41, 5.74) is 2.52. The number of carbonyl (C=O) groups excluding carboxylic acids is 1. The summed E-state index contributed by atoms with van der Waals surface area (Å²) in [6.07, 6.45) is 2.08. The van der Waals surface area contributed by atoms with Gasteiger partial charge in [-0.25, -0.2) is 0 Å². The molecule has 0 radical (unpaired) electrons. The van der Waals surface area contributed by atoms with Crippen LogP contribution in [-0.2, 0) is 22.6 Å². The Morgan fingerprint density at radius 3 is 2.60 bits per heavy atom. The fourth-order valence-corrected chi connectivity index (χ4v) is 3.29. The Balaban J connectivity index is 0.00000156. The van der Waals surface area contributed by atoms with Crippen LogP contribution in [0.3, 0.4) is 0 Å². The molecule has 0 saturated carbocycles. The predicted molar refractivity (Wildman–Crippen MR) is 104 cm³/mol. The first-order valence-electron chi connectivity index (χ1n) is 8.68. The van der Waals surface area contributed by atoms with Crippen LogP contribution in [0.2, 0.25) is 0 Å². The molecule has 2 N–H and O–H groups in total. The van der Waals surface area contributed by atoms with Gasteiger partial charge in [-0.15, -0.1) is 24.8 Å². The van der Waals surface area contributed by atoms with E-state index in [0.717, 1.165) is 58.8 Å². The van der Waals surface area contributed by atoms with Crippen LogP contribution in [0.4, 0.5) is 0 Å². The van der Waals surface area contributed by atoms with Gasteiger partial charge < -0.3 is 15.4 Å². The van der Waals surface area contributed by atoms with E-state index in [0.29, 0.717) is 6.54 Å². The SMILES string of the molecule is Cl.Cl.O=C(NCc1ccccc1CN1CCOCC1)C1CCCNC1. The number of nitrogens with one attached hydrogen (secondary N) is 2. The van der Waals surface area contributed by atoms with E-state index in [-0.39, 0.29) is 36.6 Å². The van der Waals surface area contributed by atoms with Gasteiger partial charge in [0.2, 0.25) is 5.91 Å². The Morgan fingerprint density at radius 1 is 1.20 bits per heavy atom. The second-order valence-electron chi connectivity index (χ2n) is 6.42. The average Bonchev–Trinajstić information content (AvgIpc) is 2.62. The van der Waals surface area contributed by atoms with Gasteiger partial charge in [-0.1, -0.05) is 24.3 Å². The van der Waals surface area contributed by atoms with Gasteiger partial charge in [0.25, 0.3) is 0 Å². The minimum absolute atomic E-state index is 0. The van der Waals surface area contributed by atoms with Crippen LogP contribution in [0.5, 0.6) is 0 Å². The smallest absolute Gasteiger partial charge is 0.224 e. The van der Waals surface area contributed by atoms with E-state index >= 15 is 0 Å². The van der Waals surface area contributed by atoms with Crippen molar-refractivity contribution in [3.63, 3.8) is 0 Å². The lowest BCUT2D eigenvalue weighted by atomic mass is 9.98. The van der Waals surface area contributed by atoms with Gasteiger partial charge >= 0.3 is 0 Å². The number of carbonyl (C=O) groups is 1. The van der Waals surface area contributed by atoms with Crippen molar-refractivity contribution in [2.24, 2.45) is 5.92 Å². The molecule has 0 bridgehead atoms. The van der Waals surface area contributed by atoms with Crippen LogP contribution in [0.15, 0.2) is 24.3 Å². The molecule has 2 heterocycles. The molecule has 1 unspecified atom stereocenters. The molecular weight excluding hydrogens is 361 g/mol. The number of amides is 1. The van der Waals surface area contributed by atoms with E-state index in [1.54, 1.807) is 0 Å².